The summed E-state index contributed by atoms with van der Waals surface area (Å²) in [7, 11) is 0. The summed E-state index contributed by atoms with van der Waals surface area (Å²) in [4.78, 5) is 0. The Morgan fingerprint density at radius 3 is 2.82 bits per heavy atom. The van der Waals surface area contributed by atoms with E-state index in [1.54, 1.807) is 11.3 Å². The minimum atomic E-state index is 1.01. The molecule has 0 fully saturated rings. The summed E-state index contributed by atoms with van der Waals surface area (Å²) in [5.74, 6) is 5.27. The highest BCUT2D eigenvalue weighted by Gasteiger charge is 1.96. The number of hydrogen-bond donors (Lipinski definition) is 2. The molecule has 0 amide bonds. The molecule has 1 aromatic heterocycles. The van der Waals surface area contributed by atoms with E-state index in [-0.39, 0.29) is 0 Å². The first-order chi connectivity index (χ1) is 5.40. The maximum absolute atomic E-state index is 5.27. The van der Waals surface area contributed by atoms with Crippen LogP contribution in [0.1, 0.15) is 0 Å². The fraction of sp³-hybridized carbons (Fsp3) is 0. The lowest BCUT2D eigenvalue weighted by molar-refractivity contribution is 1.39. The minimum Gasteiger partial charge on any atom is -0.315 e. The minimum absolute atomic E-state index is 1.01. The second-order valence-corrected chi connectivity index (χ2v) is 3.38. The van der Waals surface area contributed by atoms with Gasteiger partial charge in [0.05, 0.1) is 0 Å². The van der Waals surface area contributed by atoms with E-state index in [4.69, 9.17) is 5.84 Å². The van der Waals surface area contributed by atoms with Gasteiger partial charge in [-0.2, -0.15) is 0 Å². The second kappa shape index (κ2) is 2.53. The summed E-state index contributed by atoms with van der Waals surface area (Å²) in [6.45, 7) is 0. The van der Waals surface area contributed by atoms with Gasteiger partial charge in [0.2, 0.25) is 0 Å². The highest BCUT2D eigenvalue weighted by atomic mass is 32.1. The van der Waals surface area contributed by atoms with E-state index in [1.165, 1.54) is 10.1 Å². The van der Waals surface area contributed by atoms with E-state index in [1.807, 2.05) is 18.2 Å². The smallest absolute Gasteiger partial charge is 0.104 e. The van der Waals surface area contributed by atoms with E-state index in [0.717, 1.165) is 5.00 Å². The van der Waals surface area contributed by atoms with Crippen LogP contribution in [0.2, 0.25) is 0 Å². The maximum atomic E-state index is 5.27. The third kappa shape index (κ3) is 1.08. The summed E-state index contributed by atoms with van der Waals surface area (Å²) in [6, 6.07) is 10.3. The third-order valence-electron chi connectivity index (χ3n) is 1.57. The maximum Gasteiger partial charge on any atom is 0.104 e. The zero-order valence-electron chi connectivity index (χ0n) is 5.87. The van der Waals surface area contributed by atoms with Crippen LogP contribution in [0.5, 0.6) is 0 Å². The van der Waals surface area contributed by atoms with E-state index in [9.17, 15) is 0 Å². The van der Waals surface area contributed by atoms with Crippen LogP contribution in [-0.4, -0.2) is 0 Å². The number of nitrogen functional groups attached to an aromatic ring is 1. The normalized spacial score (nSPS) is 10.3. The SMILES string of the molecule is NNc1cc2ccccc2s1. The van der Waals surface area contributed by atoms with Crippen molar-refractivity contribution in [2.24, 2.45) is 5.84 Å². The first-order valence-electron chi connectivity index (χ1n) is 3.35. The van der Waals surface area contributed by atoms with Crippen LogP contribution in [0.3, 0.4) is 0 Å². The van der Waals surface area contributed by atoms with Crippen LogP contribution in [0.15, 0.2) is 30.3 Å². The highest BCUT2D eigenvalue weighted by Crippen LogP contribution is 2.28. The molecule has 0 saturated heterocycles. The van der Waals surface area contributed by atoms with Gasteiger partial charge in [0.1, 0.15) is 5.00 Å². The average Bonchev–Trinajstić information content (AvgIpc) is 2.46. The molecule has 2 aromatic rings. The molecule has 0 spiro atoms. The van der Waals surface area contributed by atoms with Crippen LogP contribution in [0.4, 0.5) is 5.00 Å². The van der Waals surface area contributed by atoms with Crippen LogP contribution < -0.4 is 11.3 Å². The van der Waals surface area contributed by atoms with E-state index >= 15 is 0 Å². The van der Waals surface area contributed by atoms with Crippen LogP contribution in [-0.2, 0) is 0 Å². The van der Waals surface area contributed by atoms with Crippen molar-refractivity contribution in [1.82, 2.24) is 0 Å². The number of fused-ring (bicyclic) bond motifs is 1. The molecule has 0 aliphatic heterocycles. The van der Waals surface area contributed by atoms with Crippen molar-refractivity contribution in [1.29, 1.82) is 0 Å². The van der Waals surface area contributed by atoms with Crippen molar-refractivity contribution in [2.75, 3.05) is 5.43 Å². The number of hydrogen-bond acceptors (Lipinski definition) is 3. The monoisotopic (exact) mass is 164 g/mol. The summed E-state index contributed by atoms with van der Waals surface area (Å²) < 4.78 is 1.26. The van der Waals surface area contributed by atoms with E-state index in [2.05, 4.69) is 17.6 Å². The molecule has 2 nitrogen and oxygen atoms in total. The summed E-state index contributed by atoms with van der Waals surface area (Å²) in [6.07, 6.45) is 0. The zero-order valence-corrected chi connectivity index (χ0v) is 6.69. The summed E-state index contributed by atoms with van der Waals surface area (Å²) >= 11 is 1.66. The molecule has 3 N–H and O–H groups in total. The Balaban J connectivity index is 2.69. The van der Waals surface area contributed by atoms with Gasteiger partial charge in [-0.25, -0.2) is 5.84 Å². The molecule has 11 heavy (non-hydrogen) atoms. The Morgan fingerprint density at radius 2 is 2.09 bits per heavy atom. The molecule has 0 aliphatic carbocycles. The Morgan fingerprint density at radius 1 is 1.27 bits per heavy atom. The van der Waals surface area contributed by atoms with Crippen LogP contribution in [0, 0.1) is 0 Å². The number of nitrogens with one attached hydrogen (secondary N) is 1. The molecular weight excluding hydrogens is 156 g/mol. The van der Waals surface area contributed by atoms with Gasteiger partial charge in [0.25, 0.3) is 0 Å². The van der Waals surface area contributed by atoms with Crippen molar-refractivity contribution in [3.63, 3.8) is 0 Å². The number of thiophene rings is 1. The standard InChI is InChI=1S/C8H8N2S/c9-10-8-5-6-3-1-2-4-7(6)11-8/h1-5,10H,9H2. The quantitative estimate of drug-likeness (QED) is 0.501. The van der Waals surface area contributed by atoms with Gasteiger partial charge in [0, 0.05) is 4.70 Å². The van der Waals surface area contributed by atoms with Gasteiger partial charge in [-0.15, -0.1) is 11.3 Å². The molecule has 0 unspecified atom stereocenters. The number of nitrogens with two attached hydrogens (primary N) is 1. The largest absolute Gasteiger partial charge is 0.315 e. The van der Waals surface area contributed by atoms with Crippen LogP contribution >= 0.6 is 11.3 Å². The van der Waals surface area contributed by atoms with Crippen molar-refractivity contribution in [3.8, 4) is 0 Å². The molecule has 2 rings (SSSR count). The van der Waals surface area contributed by atoms with Crippen molar-refractivity contribution in [3.05, 3.63) is 30.3 Å². The molecule has 1 aromatic carbocycles. The summed E-state index contributed by atoms with van der Waals surface area (Å²) in [5.41, 5.74) is 2.63. The number of benzene rings is 1. The van der Waals surface area contributed by atoms with Gasteiger partial charge in [-0.1, -0.05) is 18.2 Å². The summed E-state index contributed by atoms with van der Waals surface area (Å²) in [5, 5.41) is 2.25. The first-order valence-corrected chi connectivity index (χ1v) is 4.17. The zero-order chi connectivity index (χ0) is 7.68. The number of anilines is 1. The van der Waals surface area contributed by atoms with Crippen molar-refractivity contribution in [2.45, 2.75) is 0 Å². The third-order valence-corrected chi connectivity index (χ3v) is 2.62. The molecule has 3 heteroatoms. The van der Waals surface area contributed by atoms with E-state index < -0.39 is 0 Å². The topological polar surface area (TPSA) is 38.0 Å². The Hall–Kier alpha value is -1.06. The second-order valence-electron chi connectivity index (χ2n) is 2.29. The Labute approximate surface area is 68.6 Å². The first kappa shape index (κ1) is 6.64. The molecule has 0 atom stereocenters. The molecule has 0 aliphatic rings. The average molecular weight is 164 g/mol. The van der Waals surface area contributed by atoms with Gasteiger partial charge >= 0.3 is 0 Å². The molecule has 1 heterocycles. The van der Waals surface area contributed by atoms with Gasteiger partial charge in [-0.05, 0) is 17.5 Å². The molecule has 0 saturated carbocycles. The fourth-order valence-electron chi connectivity index (χ4n) is 1.05. The molecule has 0 radical (unpaired) electrons. The van der Waals surface area contributed by atoms with Crippen molar-refractivity contribution >= 4 is 26.4 Å². The predicted molar refractivity (Wildman–Crippen MR) is 49.6 cm³/mol. The van der Waals surface area contributed by atoms with Crippen LogP contribution in [0.25, 0.3) is 10.1 Å². The highest BCUT2D eigenvalue weighted by molar-refractivity contribution is 7.22. The fourth-order valence-corrected chi connectivity index (χ4v) is 1.93. The molecule has 0 bridgehead atoms. The molecular formula is C8H8N2S. The Bertz CT molecular complexity index is 334. The predicted octanol–water partition coefficient (Wildman–Crippen LogP) is 2.19. The van der Waals surface area contributed by atoms with Gasteiger partial charge < -0.3 is 5.43 Å². The number of hydrazine groups is 1. The van der Waals surface area contributed by atoms with Crippen molar-refractivity contribution < 1.29 is 0 Å². The number of rotatable bonds is 1. The lowest BCUT2D eigenvalue weighted by atomic mass is 10.3. The Kier molecular flexibility index (Phi) is 1.52. The lowest BCUT2D eigenvalue weighted by Gasteiger charge is -1.86. The molecule has 56 valence electrons. The van der Waals surface area contributed by atoms with Gasteiger partial charge in [-0.3, -0.25) is 0 Å². The van der Waals surface area contributed by atoms with Gasteiger partial charge in [0.15, 0.2) is 0 Å². The lowest BCUT2D eigenvalue weighted by Crippen LogP contribution is -2.03. The van der Waals surface area contributed by atoms with E-state index in [0.29, 0.717) is 0 Å².